The molecule has 0 aliphatic rings. The van der Waals surface area contributed by atoms with Gasteiger partial charge in [0, 0.05) is 10.6 Å². The fraction of sp³-hybridized carbons (Fsp3) is 0.176. The first kappa shape index (κ1) is 16.0. The highest BCUT2D eigenvalue weighted by atomic mass is 79.9. The van der Waals surface area contributed by atoms with Gasteiger partial charge in [-0.2, -0.15) is 0 Å². The molecule has 0 spiro atoms. The molecule has 2 aromatic carbocycles. The van der Waals surface area contributed by atoms with Gasteiger partial charge in [-0.15, -0.1) is 10.2 Å². The summed E-state index contributed by atoms with van der Waals surface area (Å²) in [5.41, 5.74) is 2.06. The zero-order chi connectivity index (χ0) is 16.4. The zero-order valence-electron chi connectivity index (χ0n) is 12.6. The summed E-state index contributed by atoms with van der Waals surface area (Å²) in [6.07, 6.45) is -0.376. The van der Waals surface area contributed by atoms with Gasteiger partial charge in [0.15, 0.2) is 6.10 Å². The van der Waals surface area contributed by atoms with Crippen molar-refractivity contribution in [1.29, 1.82) is 0 Å². The highest BCUT2D eigenvalue weighted by molar-refractivity contribution is 9.10. The molecular weight excluding hydrogens is 380 g/mol. The molecule has 0 saturated heterocycles. The first-order chi connectivity index (χ1) is 11.0. The Morgan fingerprint density at radius 3 is 2.57 bits per heavy atom. The second kappa shape index (κ2) is 6.72. The normalized spacial score (nSPS) is 12.2. The standard InChI is InChI=1S/C17H14BrClN2O2/c1-10-3-5-12(6-4-10)17-21-20-16(23-17)11(2)22-15-8-7-13(19)9-14(15)18/h3-9,11H,1-2H3. The van der Waals surface area contributed by atoms with Crippen molar-refractivity contribution in [3.63, 3.8) is 0 Å². The molecule has 0 aliphatic heterocycles. The van der Waals surface area contributed by atoms with Crippen LogP contribution < -0.4 is 4.74 Å². The molecule has 1 atom stereocenters. The molecular formula is C17H14BrClN2O2. The molecule has 0 amide bonds. The van der Waals surface area contributed by atoms with Crippen molar-refractivity contribution in [2.75, 3.05) is 0 Å². The molecule has 4 nitrogen and oxygen atoms in total. The average molecular weight is 394 g/mol. The average Bonchev–Trinajstić information content (AvgIpc) is 3.01. The van der Waals surface area contributed by atoms with Crippen LogP contribution in [0.5, 0.6) is 5.75 Å². The third-order valence-electron chi connectivity index (χ3n) is 3.28. The van der Waals surface area contributed by atoms with Gasteiger partial charge in [-0.3, -0.25) is 0 Å². The van der Waals surface area contributed by atoms with Gasteiger partial charge in [-0.25, -0.2) is 0 Å². The monoisotopic (exact) mass is 392 g/mol. The third-order valence-corrected chi connectivity index (χ3v) is 4.14. The van der Waals surface area contributed by atoms with Crippen molar-refractivity contribution in [2.45, 2.75) is 20.0 Å². The summed E-state index contributed by atoms with van der Waals surface area (Å²) in [6.45, 7) is 3.89. The predicted molar refractivity (Wildman–Crippen MR) is 92.7 cm³/mol. The number of halogens is 2. The van der Waals surface area contributed by atoms with E-state index in [4.69, 9.17) is 20.8 Å². The highest BCUT2D eigenvalue weighted by Crippen LogP contribution is 2.32. The molecule has 1 aromatic heterocycles. The van der Waals surface area contributed by atoms with Gasteiger partial charge in [-0.1, -0.05) is 29.3 Å². The largest absolute Gasteiger partial charge is 0.480 e. The van der Waals surface area contributed by atoms with Crippen molar-refractivity contribution >= 4 is 27.5 Å². The van der Waals surface area contributed by atoms with Crippen LogP contribution in [0.25, 0.3) is 11.5 Å². The number of ether oxygens (including phenoxy) is 1. The minimum absolute atomic E-state index is 0.376. The smallest absolute Gasteiger partial charge is 0.257 e. The van der Waals surface area contributed by atoms with Crippen molar-refractivity contribution in [3.05, 3.63) is 63.4 Å². The van der Waals surface area contributed by atoms with Crippen molar-refractivity contribution in [3.8, 4) is 17.2 Å². The summed E-state index contributed by atoms with van der Waals surface area (Å²) in [7, 11) is 0. The molecule has 3 aromatic rings. The molecule has 0 radical (unpaired) electrons. The van der Waals surface area contributed by atoms with Crippen LogP contribution in [-0.2, 0) is 0 Å². The molecule has 0 aliphatic carbocycles. The van der Waals surface area contributed by atoms with Crippen LogP contribution in [0, 0.1) is 6.92 Å². The molecule has 0 fully saturated rings. The van der Waals surface area contributed by atoms with Gasteiger partial charge in [-0.05, 0) is 60.1 Å². The van der Waals surface area contributed by atoms with E-state index in [0.29, 0.717) is 22.6 Å². The lowest BCUT2D eigenvalue weighted by atomic mass is 10.1. The molecule has 0 N–H and O–H groups in total. The Labute approximate surface area is 147 Å². The fourth-order valence-corrected chi connectivity index (χ4v) is 2.80. The Morgan fingerprint density at radius 1 is 1.13 bits per heavy atom. The molecule has 0 saturated carbocycles. The second-order valence-corrected chi connectivity index (χ2v) is 6.44. The van der Waals surface area contributed by atoms with Crippen molar-refractivity contribution in [2.24, 2.45) is 0 Å². The third kappa shape index (κ3) is 3.74. The lowest BCUT2D eigenvalue weighted by molar-refractivity contribution is 0.188. The summed E-state index contributed by atoms with van der Waals surface area (Å²) in [5.74, 6) is 1.56. The maximum Gasteiger partial charge on any atom is 0.257 e. The summed E-state index contributed by atoms with van der Waals surface area (Å²) >= 11 is 9.35. The van der Waals surface area contributed by atoms with Crippen molar-refractivity contribution < 1.29 is 9.15 Å². The fourth-order valence-electron chi connectivity index (χ4n) is 2.02. The lowest BCUT2D eigenvalue weighted by Crippen LogP contribution is -2.03. The zero-order valence-corrected chi connectivity index (χ0v) is 14.9. The number of aromatic nitrogens is 2. The number of nitrogens with zero attached hydrogens (tertiary/aromatic N) is 2. The van der Waals surface area contributed by atoms with E-state index in [1.807, 2.05) is 38.1 Å². The van der Waals surface area contributed by atoms with Crippen molar-refractivity contribution in [1.82, 2.24) is 10.2 Å². The van der Waals surface area contributed by atoms with E-state index < -0.39 is 0 Å². The van der Waals surface area contributed by atoms with Crippen LogP contribution in [0.1, 0.15) is 24.5 Å². The van der Waals surface area contributed by atoms with Gasteiger partial charge < -0.3 is 9.15 Å². The molecule has 1 unspecified atom stereocenters. The van der Waals surface area contributed by atoms with Crippen LogP contribution in [0.3, 0.4) is 0 Å². The highest BCUT2D eigenvalue weighted by Gasteiger charge is 2.17. The lowest BCUT2D eigenvalue weighted by Gasteiger charge is -2.12. The van der Waals surface area contributed by atoms with Gasteiger partial charge in [0.25, 0.3) is 5.89 Å². The predicted octanol–water partition coefficient (Wildman–Crippen LogP) is 5.60. The number of hydrogen-bond donors (Lipinski definition) is 0. The molecule has 23 heavy (non-hydrogen) atoms. The first-order valence-corrected chi connectivity index (χ1v) is 8.22. The summed E-state index contributed by atoms with van der Waals surface area (Å²) in [6, 6.07) is 13.2. The molecule has 0 bridgehead atoms. The Kier molecular flexibility index (Phi) is 4.68. The van der Waals surface area contributed by atoms with Crippen LogP contribution >= 0.6 is 27.5 Å². The van der Waals surface area contributed by atoms with E-state index in [2.05, 4.69) is 26.1 Å². The molecule has 1 heterocycles. The van der Waals surface area contributed by atoms with E-state index >= 15 is 0 Å². The van der Waals surface area contributed by atoms with E-state index in [9.17, 15) is 0 Å². The molecule has 6 heteroatoms. The first-order valence-electron chi connectivity index (χ1n) is 7.05. The van der Waals surface area contributed by atoms with E-state index in [0.717, 1.165) is 10.0 Å². The number of hydrogen-bond acceptors (Lipinski definition) is 4. The number of rotatable bonds is 4. The summed E-state index contributed by atoms with van der Waals surface area (Å²) in [4.78, 5) is 0. The minimum Gasteiger partial charge on any atom is -0.480 e. The van der Waals surface area contributed by atoms with Crippen LogP contribution in [0.4, 0.5) is 0 Å². The van der Waals surface area contributed by atoms with E-state index in [1.54, 1.807) is 18.2 Å². The second-order valence-electron chi connectivity index (χ2n) is 5.15. The Bertz CT molecular complexity index is 818. The maximum atomic E-state index is 5.93. The molecule has 118 valence electrons. The van der Waals surface area contributed by atoms with Crippen LogP contribution in [0.2, 0.25) is 5.02 Å². The quantitative estimate of drug-likeness (QED) is 0.579. The topological polar surface area (TPSA) is 48.2 Å². The van der Waals surface area contributed by atoms with Crippen LogP contribution in [0.15, 0.2) is 51.4 Å². The number of benzene rings is 2. The maximum absolute atomic E-state index is 5.93. The van der Waals surface area contributed by atoms with Crippen LogP contribution in [-0.4, -0.2) is 10.2 Å². The van der Waals surface area contributed by atoms with Gasteiger partial charge >= 0.3 is 0 Å². The van der Waals surface area contributed by atoms with Gasteiger partial charge in [0.05, 0.1) is 4.47 Å². The minimum atomic E-state index is -0.376. The summed E-state index contributed by atoms with van der Waals surface area (Å²) in [5, 5.41) is 8.80. The number of aryl methyl sites for hydroxylation is 1. The SMILES string of the molecule is Cc1ccc(-c2nnc(C(C)Oc3ccc(Cl)cc3Br)o2)cc1. The van der Waals surface area contributed by atoms with E-state index in [1.165, 1.54) is 5.56 Å². The molecule has 3 rings (SSSR count). The summed E-state index contributed by atoms with van der Waals surface area (Å²) < 4.78 is 12.3. The van der Waals surface area contributed by atoms with Gasteiger partial charge in [0.2, 0.25) is 5.89 Å². The van der Waals surface area contributed by atoms with E-state index in [-0.39, 0.29) is 6.10 Å². The van der Waals surface area contributed by atoms with Gasteiger partial charge in [0.1, 0.15) is 5.75 Å². The Morgan fingerprint density at radius 2 is 1.87 bits per heavy atom. The Balaban J connectivity index is 1.78. The Hall–Kier alpha value is -1.85.